The highest BCUT2D eigenvalue weighted by Gasteiger charge is 1.97. The van der Waals surface area contributed by atoms with Crippen LogP contribution in [0, 0.1) is 5.41 Å². The van der Waals surface area contributed by atoms with Crippen LogP contribution in [0.2, 0.25) is 0 Å². The maximum absolute atomic E-state index is 7.11. The van der Waals surface area contributed by atoms with Crippen LogP contribution < -0.4 is 5.32 Å². The van der Waals surface area contributed by atoms with Crippen molar-refractivity contribution in [3.8, 4) is 0 Å². The van der Waals surface area contributed by atoms with E-state index in [-0.39, 0.29) is 11.8 Å². The number of hydrogen-bond donors (Lipinski definition) is 2. The highest BCUT2D eigenvalue weighted by Crippen LogP contribution is 2.01. The summed E-state index contributed by atoms with van der Waals surface area (Å²) in [6, 6.07) is 0. The Hall–Kier alpha value is -0.180. The summed E-state index contributed by atoms with van der Waals surface area (Å²) in [6.45, 7) is 1.07. The highest BCUT2D eigenvalue weighted by atomic mass is 32.2. The molecular weight excluding hydrogens is 108 g/mol. The van der Waals surface area contributed by atoms with Gasteiger partial charge in [0.2, 0.25) is 0 Å². The van der Waals surface area contributed by atoms with E-state index in [0.29, 0.717) is 0 Å². The Bertz CT molecular complexity index is 73.8. The predicted octanol–water partition coefficient (Wildman–Crippen LogP) is -0.771. The molecular formula is C4H12N2S. The van der Waals surface area contributed by atoms with Gasteiger partial charge in [-0.25, -0.2) is 0 Å². The second-order valence-electron chi connectivity index (χ2n) is 1.86. The number of amidine groups is 1. The zero-order chi connectivity index (χ0) is 5.11. The minimum Gasteiger partial charge on any atom is -0.373 e. The minimum atomic E-state index is 0.174. The van der Waals surface area contributed by atoms with E-state index in [9.17, 15) is 0 Å². The van der Waals surface area contributed by atoms with Crippen LogP contribution in [0.25, 0.3) is 0 Å². The fourth-order valence-corrected chi connectivity index (χ4v) is 1.96. The predicted molar refractivity (Wildman–Crippen MR) is 38.6 cm³/mol. The van der Waals surface area contributed by atoms with Crippen molar-refractivity contribution < 1.29 is 0 Å². The van der Waals surface area contributed by atoms with E-state index in [1.54, 1.807) is 0 Å². The SMILES string of the molecule is N=C1C[SH4]CCN1. The molecule has 0 spiro atoms. The molecule has 2 N–H and O–H groups in total. The van der Waals surface area contributed by atoms with Gasteiger partial charge >= 0.3 is 0 Å². The monoisotopic (exact) mass is 120 g/mol. The van der Waals surface area contributed by atoms with Crippen LogP contribution >= 0.6 is 11.8 Å². The molecule has 1 fully saturated rings. The van der Waals surface area contributed by atoms with Gasteiger partial charge in [0.25, 0.3) is 0 Å². The van der Waals surface area contributed by atoms with Gasteiger partial charge in [-0.3, -0.25) is 5.41 Å². The van der Waals surface area contributed by atoms with Gasteiger partial charge in [0.1, 0.15) is 0 Å². The molecule has 1 saturated heterocycles. The quantitative estimate of drug-likeness (QED) is 0.432. The van der Waals surface area contributed by atoms with Crippen LogP contribution in [-0.2, 0) is 0 Å². The van der Waals surface area contributed by atoms with Gasteiger partial charge in [0.05, 0.1) is 5.84 Å². The summed E-state index contributed by atoms with van der Waals surface area (Å²) < 4.78 is 0. The molecule has 0 aromatic heterocycles. The maximum atomic E-state index is 7.11. The summed E-state index contributed by atoms with van der Waals surface area (Å²) >= 11 is 0.174. The van der Waals surface area contributed by atoms with Crippen LogP contribution in [0.1, 0.15) is 0 Å². The molecule has 0 amide bonds. The van der Waals surface area contributed by atoms with Gasteiger partial charge < -0.3 is 17.1 Å². The maximum Gasteiger partial charge on any atom is 0.0998 e. The van der Waals surface area contributed by atoms with Crippen molar-refractivity contribution in [3.63, 3.8) is 0 Å². The first kappa shape index (κ1) is 4.97. The standard InChI is InChI=1S/C4H12N2S/c5-4-3-7-2-1-6-4/h1-3H2,7H4,(H2,5,6). The summed E-state index contributed by atoms with van der Waals surface area (Å²) in [6.07, 6.45) is 0. The second-order valence-corrected chi connectivity index (χ2v) is 3.78. The molecule has 1 aliphatic heterocycles. The van der Waals surface area contributed by atoms with Crippen molar-refractivity contribution in [2.24, 2.45) is 0 Å². The van der Waals surface area contributed by atoms with Crippen molar-refractivity contribution in [2.45, 2.75) is 0 Å². The van der Waals surface area contributed by atoms with E-state index in [1.807, 2.05) is 0 Å². The molecule has 0 atom stereocenters. The first-order valence-corrected chi connectivity index (χ1v) is 4.71. The van der Waals surface area contributed by atoms with Gasteiger partial charge in [-0.05, 0) is 5.75 Å². The smallest absolute Gasteiger partial charge is 0.0998 e. The molecule has 7 heavy (non-hydrogen) atoms. The summed E-state index contributed by atoms with van der Waals surface area (Å²) in [5.41, 5.74) is 0. The van der Waals surface area contributed by atoms with E-state index in [1.165, 1.54) is 5.75 Å². The molecule has 1 aliphatic rings. The van der Waals surface area contributed by atoms with E-state index in [4.69, 9.17) is 5.41 Å². The van der Waals surface area contributed by atoms with Crippen LogP contribution in [-0.4, -0.2) is 23.9 Å². The molecule has 44 valence electrons. The molecule has 0 aliphatic carbocycles. The Morgan fingerprint density at radius 3 is 2.86 bits per heavy atom. The van der Waals surface area contributed by atoms with Crippen molar-refractivity contribution in [1.82, 2.24) is 5.32 Å². The third-order valence-corrected chi connectivity index (χ3v) is 2.90. The Morgan fingerprint density at radius 1 is 1.71 bits per heavy atom. The summed E-state index contributed by atoms with van der Waals surface area (Å²) in [5, 5.41) is 10.1. The summed E-state index contributed by atoms with van der Waals surface area (Å²) in [4.78, 5) is 0. The molecule has 2 nitrogen and oxygen atoms in total. The average molecular weight is 120 g/mol. The van der Waals surface area contributed by atoms with E-state index < -0.39 is 0 Å². The second kappa shape index (κ2) is 2.21. The van der Waals surface area contributed by atoms with E-state index >= 15 is 0 Å². The van der Waals surface area contributed by atoms with Crippen LogP contribution in [0.4, 0.5) is 0 Å². The van der Waals surface area contributed by atoms with Crippen molar-refractivity contribution in [2.75, 3.05) is 18.1 Å². The first-order chi connectivity index (χ1) is 3.39. The lowest BCUT2D eigenvalue weighted by molar-refractivity contribution is 0.950. The molecule has 0 saturated carbocycles. The van der Waals surface area contributed by atoms with Gasteiger partial charge in [0, 0.05) is 12.3 Å². The highest BCUT2D eigenvalue weighted by molar-refractivity contribution is 8.00. The molecule has 0 aromatic rings. The molecule has 0 bridgehead atoms. The Kier molecular flexibility index (Phi) is 1.57. The molecule has 0 unspecified atom stereocenters. The zero-order valence-corrected chi connectivity index (χ0v) is 5.74. The third kappa shape index (κ3) is 1.39. The molecule has 0 radical (unpaired) electrons. The fourth-order valence-electron chi connectivity index (χ4n) is 0.754. The van der Waals surface area contributed by atoms with Crippen molar-refractivity contribution in [1.29, 1.82) is 5.41 Å². The molecule has 1 heterocycles. The number of nitrogens with one attached hydrogen (secondary N) is 2. The normalized spacial score (nSPS) is 22.6. The van der Waals surface area contributed by atoms with Crippen molar-refractivity contribution in [3.05, 3.63) is 0 Å². The third-order valence-electron chi connectivity index (χ3n) is 1.19. The first-order valence-electron chi connectivity index (χ1n) is 2.71. The Balaban J connectivity index is 2.25. The Morgan fingerprint density at radius 2 is 2.57 bits per heavy atom. The lowest BCUT2D eigenvalue weighted by Crippen LogP contribution is -2.31. The van der Waals surface area contributed by atoms with Crippen LogP contribution in [0.5, 0.6) is 0 Å². The van der Waals surface area contributed by atoms with Gasteiger partial charge in [0.15, 0.2) is 0 Å². The number of rotatable bonds is 0. The largest absolute Gasteiger partial charge is 0.373 e. The Labute approximate surface area is 47.2 Å². The van der Waals surface area contributed by atoms with Crippen LogP contribution in [0.3, 0.4) is 0 Å². The number of hydrogen-bond acceptors (Lipinski definition) is 1. The average Bonchev–Trinajstić information content (AvgIpc) is 1.69. The van der Waals surface area contributed by atoms with Crippen LogP contribution in [0.15, 0.2) is 0 Å². The lowest BCUT2D eigenvalue weighted by atomic mass is 10.6. The minimum absolute atomic E-state index is 0.174. The molecule has 0 aromatic carbocycles. The van der Waals surface area contributed by atoms with E-state index in [2.05, 4.69) is 5.32 Å². The zero-order valence-electron chi connectivity index (χ0n) is 4.33. The van der Waals surface area contributed by atoms with Gasteiger partial charge in [-0.2, -0.15) is 0 Å². The van der Waals surface area contributed by atoms with E-state index in [0.717, 1.165) is 18.1 Å². The fraction of sp³-hybridized carbons (Fsp3) is 0.750. The molecule has 1 rings (SSSR count). The molecule has 3 heteroatoms. The van der Waals surface area contributed by atoms with Gasteiger partial charge in [-0.1, -0.05) is 0 Å². The summed E-state index contributed by atoms with van der Waals surface area (Å²) in [7, 11) is 0. The summed E-state index contributed by atoms with van der Waals surface area (Å²) in [5.74, 6) is 3.25. The van der Waals surface area contributed by atoms with Gasteiger partial charge in [-0.15, -0.1) is 0 Å². The van der Waals surface area contributed by atoms with Crippen molar-refractivity contribution >= 4 is 17.6 Å². The topological polar surface area (TPSA) is 35.9 Å². The lowest BCUT2D eigenvalue weighted by Gasteiger charge is -2.15.